The number of rotatable bonds is 6. The summed E-state index contributed by atoms with van der Waals surface area (Å²) in [5, 5.41) is 13.7. The van der Waals surface area contributed by atoms with Crippen molar-refractivity contribution in [2.45, 2.75) is 39.8 Å². The second-order valence-corrected chi connectivity index (χ2v) is 6.34. The highest BCUT2D eigenvalue weighted by atomic mass is 16.3. The van der Waals surface area contributed by atoms with Gasteiger partial charge in [0.2, 0.25) is 0 Å². The fourth-order valence-electron chi connectivity index (χ4n) is 2.79. The molecule has 0 bridgehead atoms. The molecule has 0 saturated heterocycles. The maximum absolute atomic E-state index is 10.4. The minimum atomic E-state index is -0.522. The quantitative estimate of drug-likeness (QED) is 0.842. The van der Waals surface area contributed by atoms with Crippen LogP contribution < -0.4 is 5.32 Å². The number of benzene rings is 2. The zero-order valence-corrected chi connectivity index (χ0v) is 14.5. The van der Waals surface area contributed by atoms with E-state index in [0.29, 0.717) is 12.6 Å². The van der Waals surface area contributed by atoms with E-state index in [1.807, 2.05) is 24.3 Å². The molecule has 0 heterocycles. The number of aliphatic hydroxyl groups is 1. The summed E-state index contributed by atoms with van der Waals surface area (Å²) in [5.74, 6) is 0. The Morgan fingerprint density at radius 2 is 1.61 bits per heavy atom. The maximum atomic E-state index is 10.4. The Morgan fingerprint density at radius 3 is 2.17 bits per heavy atom. The molecule has 122 valence electrons. The van der Waals surface area contributed by atoms with Crippen molar-refractivity contribution in [3.05, 3.63) is 76.9 Å². The predicted octanol–water partition coefficient (Wildman–Crippen LogP) is 4.09. The van der Waals surface area contributed by atoms with Gasteiger partial charge in [-0.25, -0.2) is 0 Å². The van der Waals surface area contributed by atoms with E-state index in [1.54, 1.807) is 0 Å². The van der Waals surface area contributed by atoms with Crippen LogP contribution in [0.5, 0.6) is 0 Å². The molecule has 0 aliphatic heterocycles. The lowest BCUT2D eigenvalue weighted by Crippen LogP contribution is -2.31. The smallest absolute Gasteiger partial charge is 0.0854 e. The van der Waals surface area contributed by atoms with E-state index in [1.165, 1.54) is 16.7 Å². The van der Waals surface area contributed by atoms with Crippen LogP contribution in [0.1, 0.15) is 36.1 Å². The van der Waals surface area contributed by atoms with Gasteiger partial charge in [-0.3, -0.25) is 0 Å². The molecule has 2 aromatic carbocycles. The maximum Gasteiger partial charge on any atom is 0.0854 e. The van der Waals surface area contributed by atoms with E-state index in [4.69, 9.17) is 0 Å². The number of aryl methyl sites for hydroxylation is 2. The van der Waals surface area contributed by atoms with Crippen molar-refractivity contribution in [1.29, 1.82) is 0 Å². The average molecular weight is 309 g/mol. The Morgan fingerprint density at radius 1 is 1.00 bits per heavy atom. The molecular weight excluding hydrogens is 282 g/mol. The summed E-state index contributed by atoms with van der Waals surface area (Å²) in [6.07, 6.45) is 1.45. The molecule has 1 unspecified atom stereocenters. The summed E-state index contributed by atoms with van der Waals surface area (Å²) in [7, 11) is 0. The minimum Gasteiger partial charge on any atom is -0.388 e. The van der Waals surface area contributed by atoms with Crippen molar-refractivity contribution < 1.29 is 5.11 Å². The Bertz CT molecular complexity index is 639. The normalized spacial score (nSPS) is 13.4. The highest BCUT2D eigenvalue weighted by Gasteiger charge is 2.13. The van der Waals surface area contributed by atoms with E-state index in [9.17, 15) is 5.11 Å². The van der Waals surface area contributed by atoms with Crippen LogP contribution in [0.4, 0.5) is 0 Å². The van der Waals surface area contributed by atoms with Gasteiger partial charge in [0.15, 0.2) is 0 Å². The summed E-state index contributed by atoms with van der Waals surface area (Å²) in [4.78, 5) is 0. The van der Waals surface area contributed by atoms with Crippen LogP contribution in [0.3, 0.4) is 0 Å². The third kappa shape index (κ3) is 4.78. The molecule has 0 saturated carbocycles. The first-order chi connectivity index (χ1) is 11.0. The number of nitrogens with one attached hydrogen (secondary N) is 1. The molecule has 2 aromatic rings. The van der Waals surface area contributed by atoms with E-state index in [0.717, 1.165) is 11.1 Å². The van der Waals surface area contributed by atoms with E-state index in [-0.39, 0.29) is 0 Å². The molecular formula is C21H27NO. The number of hydrogen-bond donors (Lipinski definition) is 2. The molecule has 0 aromatic heterocycles. The van der Waals surface area contributed by atoms with Crippen molar-refractivity contribution in [3.63, 3.8) is 0 Å². The van der Waals surface area contributed by atoms with Gasteiger partial charge in [-0.2, -0.15) is 0 Å². The first kappa shape index (κ1) is 17.5. The van der Waals surface area contributed by atoms with E-state index in [2.05, 4.69) is 63.3 Å². The van der Waals surface area contributed by atoms with Gasteiger partial charge in [-0.15, -0.1) is 0 Å². The molecule has 0 aliphatic carbocycles. The molecule has 0 radical (unpaired) electrons. The molecule has 0 amide bonds. The summed E-state index contributed by atoms with van der Waals surface area (Å²) in [5.41, 5.74) is 5.89. The minimum absolute atomic E-state index is 0.360. The highest BCUT2D eigenvalue weighted by Crippen LogP contribution is 2.29. The summed E-state index contributed by atoms with van der Waals surface area (Å²) < 4.78 is 0. The second kappa shape index (κ2) is 8.09. The Labute approximate surface area is 139 Å². The predicted molar refractivity (Wildman–Crippen MR) is 98.6 cm³/mol. The number of aliphatic hydroxyl groups excluding tert-OH is 1. The molecule has 2 N–H and O–H groups in total. The lowest BCUT2D eigenvalue weighted by molar-refractivity contribution is 0.215. The molecule has 0 fully saturated rings. The van der Waals surface area contributed by atoms with E-state index < -0.39 is 6.10 Å². The topological polar surface area (TPSA) is 32.3 Å². The fourth-order valence-corrected chi connectivity index (χ4v) is 2.79. The van der Waals surface area contributed by atoms with Crippen molar-refractivity contribution in [2.75, 3.05) is 6.54 Å². The molecule has 2 nitrogen and oxygen atoms in total. The van der Waals surface area contributed by atoms with Gasteiger partial charge in [0.25, 0.3) is 0 Å². The molecule has 0 aliphatic rings. The molecule has 2 rings (SSSR count). The Balaban J connectivity index is 2.45. The first-order valence-electron chi connectivity index (χ1n) is 8.24. The van der Waals surface area contributed by atoms with Crippen LogP contribution in [0.25, 0.3) is 5.57 Å². The molecule has 1 atom stereocenters. The third-order valence-electron chi connectivity index (χ3n) is 3.93. The zero-order valence-electron chi connectivity index (χ0n) is 14.5. The third-order valence-corrected chi connectivity index (χ3v) is 3.93. The number of hydrogen-bond acceptors (Lipinski definition) is 2. The fraction of sp³-hybridized carbons (Fsp3) is 0.333. The van der Waals surface area contributed by atoms with Gasteiger partial charge in [0, 0.05) is 12.6 Å². The van der Waals surface area contributed by atoms with Crippen molar-refractivity contribution in [3.8, 4) is 0 Å². The largest absolute Gasteiger partial charge is 0.388 e. The van der Waals surface area contributed by atoms with Crippen LogP contribution in [0, 0.1) is 13.8 Å². The van der Waals surface area contributed by atoms with Gasteiger partial charge >= 0.3 is 0 Å². The molecule has 0 spiro atoms. The van der Waals surface area contributed by atoms with Crippen molar-refractivity contribution in [2.24, 2.45) is 0 Å². The van der Waals surface area contributed by atoms with E-state index >= 15 is 0 Å². The first-order valence-corrected chi connectivity index (χ1v) is 8.24. The van der Waals surface area contributed by atoms with Gasteiger partial charge < -0.3 is 10.4 Å². The van der Waals surface area contributed by atoms with Gasteiger partial charge in [-0.05, 0) is 47.8 Å². The highest BCUT2D eigenvalue weighted by molar-refractivity contribution is 5.83. The van der Waals surface area contributed by atoms with Crippen molar-refractivity contribution >= 4 is 5.57 Å². The van der Waals surface area contributed by atoms with Crippen molar-refractivity contribution in [1.82, 2.24) is 5.32 Å². The average Bonchev–Trinajstić information content (AvgIpc) is 2.52. The summed E-state index contributed by atoms with van der Waals surface area (Å²) in [6, 6.07) is 17.0. The van der Waals surface area contributed by atoms with Gasteiger partial charge in [0.05, 0.1) is 6.10 Å². The lowest BCUT2D eigenvalue weighted by atomic mass is 9.90. The van der Waals surface area contributed by atoms with Crippen LogP contribution in [-0.4, -0.2) is 23.8 Å². The Kier molecular flexibility index (Phi) is 6.14. The molecule has 23 heavy (non-hydrogen) atoms. The summed E-state index contributed by atoms with van der Waals surface area (Å²) in [6.45, 7) is 8.97. The monoisotopic (exact) mass is 309 g/mol. The van der Waals surface area contributed by atoms with Crippen LogP contribution >= 0.6 is 0 Å². The van der Waals surface area contributed by atoms with Crippen LogP contribution in [-0.2, 0) is 0 Å². The van der Waals surface area contributed by atoms with Gasteiger partial charge in [-0.1, -0.05) is 62.4 Å². The van der Waals surface area contributed by atoms with Gasteiger partial charge in [0.1, 0.15) is 0 Å². The SMILES string of the molecule is Cc1cccc(C)c1/C(=C/C(O)CNC(C)C)c1ccccc1. The Hall–Kier alpha value is -1.90. The lowest BCUT2D eigenvalue weighted by Gasteiger charge is -2.17. The standard InChI is InChI=1S/C21H27NO/c1-15(2)22-14-19(23)13-20(18-11-6-5-7-12-18)21-16(3)9-8-10-17(21)4/h5-13,15,19,22-23H,14H2,1-4H3/b20-13+. The van der Waals surface area contributed by atoms with Crippen LogP contribution in [0.15, 0.2) is 54.6 Å². The molecule has 2 heteroatoms. The van der Waals surface area contributed by atoms with Crippen LogP contribution in [0.2, 0.25) is 0 Å². The summed E-state index contributed by atoms with van der Waals surface area (Å²) >= 11 is 0. The second-order valence-electron chi connectivity index (χ2n) is 6.34. The zero-order chi connectivity index (χ0) is 16.8.